The van der Waals surface area contributed by atoms with Gasteiger partial charge in [-0.2, -0.15) is 0 Å². The summed E-state index contributed by atoms with van der Waals surface area (Å²) in [5.74, 6) is 0.177. The fourth-order valence-corrected chi connectivity index (χ4v) is 3.36. The van der Waals surface area contributed by atoms with Crippen molar-refractivity contribution in [1.82, 2.24) is 9.80 Å². The van der Waals surface area contributed by atoms with Crippen LogP contribution >= 0.6 is 22.9 Å². The largest absolute Gasteiger partial charge is 0.298 e. The van der Waals surface area contributed by atoms with E-state index in [9.17, 15) is 4.79 Å². The van der Waals surface area contributed by atoms with Crippen LogP contribution in [0.2, 0.25) is 4.34 Å². The Morgan fingerprint density at radius 2 is 2.00 bits per heavy atom. The fourth-order valence-electron chi connectivity index (χ4n) is 2.39. The molecular weight excluding hydrogens is 268 g/mol. The maximum atomic E-state index is 12.1. The van der Waals surface area contributed by atoms with Crippen LogP contribution in [-0.4, -0.2) is 54.3 Å². The lowest BCUT2D eigenvalue weighted by Crippen LogP contribution is -2.55. The van der Waals surface area contributed by atoms with E-state index in [-0.39, 0.29) is 5.78 Å². The minimum absolute atomic E-state index is 0.177. The summed E-state index contributed by atoms with van der Waals surface area (Å²) in [5.41, 5.74) is 0. The summed E-state index contributed by atoms with van der Waals surface area (Å²) in [5, 5.41) is 0. The number of thiophene rings is 1. The topological polar surface area (TPSA) is 23.6 Å². The van der Waals surface area contributed by atoms with Gasteiger partial charge in [-0.25, -0.2) is 0 Å². The Kier molecular flexibility index (Phi) is 4.43. The highest BCUT2D eigenvalue weighted by molar-refractivity contribution is 7.18. The molecule has 1 fully saturated rings. The summed E-state index contributed by atoms with van der Waals surface area (Å²) in [6, 6.07) is 4.59. The maximum Gasteiger partial charge on any atom is 0.186 e. The van der Waals surface area contributed by atoms with E-state index in [1.165, 1.54) is 11.3 Å². The molecule has 18 heavy (non-hydrogen) atoms. The summed E-state index contributed by atoms with van der Waals surface area (Å²) in [6.07, 6.45) is 0. The molecule has 2 atom stereocenters. The van der Waals surface area contributed by atoms with Gasteiger partial charge in [-0.3, -0.25) is 14.6 Å². The second-order valence-corrected chi connectivity index (χ2v) is 6.80. The van der Waals surface area contributed by atoms with Crippen molar-refractivity contribution in [1.29, 1.82) is 0 Å². The molecular formula is C13H19ClN2OS. The first-order valence-electron chi connectivity index (χ1n) is 6.20. The molecule has 0 amide bonds. The number of carbonyl (C=O) groups is 1. The zero-order chi connectivity index (χ0) is 13.3. The monoisotopic (exact) mass is 286 g/mol. The average Bonchev–Trinajstić information content (AvgIpc) is 2.72. The minimum Gasteiger partial charge on any atom is -0.298 e. The first-order chi connectivity index (χ1) is 8.47. The predicted octanol–water partition coefficient (Wildman–Crippen LogP) is 2.61. The summed E-state index contributed by atoms with van der Waals surface area (Å²) < 4.78 is 0.679. The van der Waals surface area contributed by atoms with Crippen LogP contribution in [0.25, 0.3) is 0 Å². The van der Waals surface area contributed by atoms with Gasteiger partial charge in [0.1, 0.15) is 0 Å². The number of ketones is 1. The maximum absolute atomic E-state index is 12.1. The van der Waals surface area contributed by atoms with E-state index in [0.717, 1.165) is 18.0 Å². The molecule has 0 aromatic carbocycles. The lowest BCUT2D eigenvalue weighted by Gasteiger charge is -2.42. The van der Waals surface area contributed by atoms with Gasteiger partial charge in [0.15, 0.2) is 5.78 Å². The van der Waals surface area contributed by atoms with Gasteiger partial charge in [0.2, 0.25) is 0 Å². The highest BCUT2D eigenvalue weighted by Gasteiger charge is 2.27. The van der Waals surface area contributed by atoms with Crippen LogP contribution < -0.4 is 0 Å². The summed E-state index contributed by atoms with van der Waals surface area (Å²) in [4.78, 5) is 17.5. The third-order valence-electron chi connectivity index (χ3n) is 3.65. The molecule has 1 aliphatic rings. The zero-order valence-corrected chi connectivity index (χ0v) is 12.6. The minimum atomic E-state index is 0.177. The van der Waals surface area contributed by atoms with Gasteiger partial charge in [0.25, 0.3) is 0 Å². The molecule has 2 unspecified atom stereocenters. The quantitative estimate of drug-likeness (QED) is 0.798. The molecule has 0 bridgehead atoms. The van der Waals surface area contributed by atoms with Crippen molar-refractivity contribution in [3.63, 3.8) is 0 Å². The second-order valence-electron chi connectivity index (χ2n) is 5.08. The van der Waals surface area contributed by atoms with Gasteiger partial charge < -0.3 is 0 Å². The Morgan fingerprint density at radius 1 is 1.39 bits per heavy atom. The molecule has 0 N–H and O–H groups in total. The molecule has 1 aromatic rings. The van der Waals surface area contributed by atoms with Gasteiger partial charge in [-0.15, -0.1) is 11.3 Å². The number of Topliss-reactive ketones (excluding diaryl/α,β-unsaturated/α-hetero) is 1. The van der Waals surface area contributed by atoms with Crippen molar-refractivity contribution >= 4 is 28.7 Å². The Balaban J connectivity index is 1.96. The van der Waals surface area contributed by atoms with Crippen LogP contribution in [0.4, 0.5) is 0 Å². The van der Waals surface area contributed by atoms with E-state index >= 15 is 0 Å². The number of hydrogen-bond acceptors (Lipinski definition) is 4. The SMILES string of the molecule is CC1CN(CC(=O)c2ccc(Cl)s2)CC(C)N1C. The van der Waals surface area contributed by atoms with Crippen LogP contribution in [0.3, 0.4) is 0 Å². The number of nitrogens with zero attached hydrogens (tertiary/aromatic N) is 2. The Bertz CT molecular complexity index is 422. The van der Waals surface area contributed by atoms with Crippen molar-refractivity contribution in [2.45, 2.75) is 25.9 Å². The Hall–Kier alpha value is -0.420. The molecule has 2 heterocycles. The first kappa shape index (κ1) is 14.0. The van der Waals surface area contributed by atoms with Gasteiger partial charge in [0, 0.05) is 25.2 Å². The zero-order valence-electron chi connectivity index (χ0n) is 11.0. The Morgan fingerprint density at radius 3 is 2.50 bits per heavy atom. The number of carbonyl (C=O) groups excluding carboxylic acids is 1. The molecule has 5 heteroatoms. The third kappa shape index (κ3) is 3.12. The van der Waals surface area contributed by atoms with Crippen LogP contribution in [-0.2, 0) is 0 Å². The molecule has 3 nitrogen and oxygen atoms in total. The van der Waals surface area contributed by atoms with Crippen molar-refractivity contribution < 1.29 is 4.79 Å². The molecule has 0 radical (unpaired) electrons. The van der Waals surface area contributed by atoms with Crippen molar-refractivity contribution in [3.05, 3.63) is 21.3 Å². The van der Waals surface area contributed by atoms with E-state index in [0.29, 0.717) is 23.0 Å². The highest BCUT2D eigenvalue weighted by Crippen LogP contribution is 2.22. The second kappa shape index (κ2) is 5.70. The molecule has 2 rings (SSSR count). The van der Waals surface area contributed by atoms with E-state index < -0.39 is 0 Å². The average molecular weight is 287 g/mol. The van der Waals surface area contributed by atoms with Gasteiger partial charge in [-0.1, -0.05) is 11.6 Å². The first-order valence-corrected chi connectivity index (χ1v) is 7.39. The Labute approximate surface area is 117 Å². The lowest BCUT2D eigenvalue weighted by molar-refractivity contribution is 0.0551. The van der Waals surface area contributed by atoms with E-state index in [1.807, 2.05) is 6.07 Å². The van der Waals surface area contributed by atoms with Crippen LogP contribution in [0.15, 0.2) is 12.1 Å². The number of rotatable bonds is 3. The molecule has 1 aliphatic heterocycles. The van der Waals surface area contributed by atoms with E-state index in [2.05, 4.69) is 30.7 Å². The molecule has 1 aromatic heterocycles. The van der Waals surface area contributed by atoms with Gasteiger partial charge in [-0.05, 0) is 33.0 Å². The van der Waals surface area contributed by atoms with Crippen LogP contribution in [0.1, 0.15) is 23.5 Å². The summed E-state index contributed by atoms with van der Waals surface area (Å²) in [7, 11) is 2.15. The molecule has 0 aliphatic carbocycles. The molecule has 100 valence electrons. The van der Waals surface area contributed by atoms with Gasteiger partial charge in [0.05, 0.1) is 15.8 Å². The number of piperazine rings is 1. The standard InChI is InChI=1S/C13H19ClN2OS/c1-9-6-16(7-10(2)15(9)3)8-11(17)12-4-5-13(14)18-12/h4-5,9-10H,6-8H2,1-3H3. The van der Waals surface area contributed by atoms with Crippen LogP contribution in [0.5, 0.6) is 0 Å². The van der Waals surface area contributed by atoms with Gasteiger partial charge >= 0.3 is 0 Å². The lowest BCUT2D eigenvalue weighted by atomic mass is 10.1. The highest BCUT2D eigenvalue weighted by atomic mass is 35.5. The van der Waals surface area contributed by atoms with E-state index in [1.54, 1.807) is 6.07 Å². The molecule has 1 saturated heterocycles. The molecule has 0 spiro atoms. The normalized spacial score (nSPS) is 26.4. The number of halogens is 1. The smallest absolute Gasteiger partial charge is 0.186 e. The molecule has 0 saturated carbocycles. The van der Waals surface area contributed by atoms with Crippen LogP contribution in [0, 0.1) is 0 Å². The van der Waals surface area contributed by atoms with Crippen molar-refractivity contribution in [3.8, 4) is 0 Å². The summed E-state index contributed by atoms with van der Waals surface area (Å²) >= 11 is 7.22. The predicted molar refractivity (Wildman–Crippen MR) is 76.8 cm³/mol. The summed E-state index contributed by atoms with van der Waals surface area (Å²) in [6.45, 7) is 6.81. The van der Waals surface area contributed by atoms with Crippen molar-refractivity contribution in [2.24, 2.45) is 0 Å². The van der Waals surface area contributed by atoms with E-state index in [4.69, 9.17) is 11.6 Å². The number of hydrogen-bond donors (Lipinski definition) is 0. The number of likely N-dealkylation sites (N-methyl/N-ethyl adjacent to an activating group) is 1. The fraction of sp³-hybridized carbons (Fsp3) is 0.615. The van der Waals surface area contributed by atoms with Crippen molar-refractivity contribution in [2.75, 3.05) is 26.7 Å². The third-order valence-corrected chi connectivity index (χ3v) is 4.92.